The summed E-state index contributed by atoms with van der Waals surface area (Å²) in [5, 5.41) is 3.24. The quantitative estimate of drug-likeness (QED) is 0.839. The van der Waals surface area contributed by atoms with Crippen LogP contribution >= 0.6 is 0 Å². The molecule has 2 rings (SSSR count). The first-order valence-electron chi connectivity index (χ1n) is 6.97. The number of halogens is 3. The Morgan fingerprint density at radius 1 is 1.24 bits per heavy atom. The van der Waals surface area contributed by atoms with Gasteiger partial charge in [0.15, 0.2) is 0 Å². The Morgan fingerprint density at radius 3 is 2.29 bits per heavy atom. The minimum Gasteiger partial charge on any atom is -0.406 e. The maximum absolute atomic E-state index is 12.1. The van der Waals surface area contributed by atoms with E-state index in [9.17, 15) is 13.2 Å². The van der Waals surface area contributed by atoms with Crippen LogP contribution in [0.5, 0.6) is 5.75 Å². The second kappa shape index (κ2) is 6.66. The van der Waals surface area contributed by atoms with E-state index < -0.39 is 6.36 Å². The van der Waals surface area contributed by atoms with E-state index in [0.717, 1.165) is 5.56 Å². The molecule has 0 spiro atoms. The molecule has 0 bridgehead atoms. The molecule has 3 nitrogen and oxygen atoms in total. The lowest BCUT2D eigenvalue weighted by molar-refractivity contribution is -0.274. The second-order valence-corrected chi connectivity index (χ2v) is 5.33. The molecule has 1 N–H and O–H groups in total. The van der Waals surface area contributed by atoms with E-state index >= 15 is 0 Å². The van der Waals surface area contributed by atoms with Crippen molar-refractivity contribution >= 4 is 0 Å². The van der Waals surface area contributed by atoms with Crippen molar-refractivity contribution in [1.29, 1.82) is 0 Å². The van der Waals surface area contributed by atoms with E-state index in [1.807, 2.05) is 7.05 Å². The molecule has 2 unspecified atom stereocenters. The average molecular weight is 303 g/mol. The second-order valence-electron chi connectivity index (χ2n) is 5.33. The van der Waals surface area contributed by atoms with Crippen LogP contribution in [0.3, 0.4) is 0 Å². The van der Waals surface area contributed by atoms with Crippen molar-refractivity contribution in [3.63, 3.8) is 0 Å². The van der Waals surface area contributed by atoms with Gasteiger partial charge in [-0.1, -0.05) is 12.1 Å². The summed E-state index contributed by atoms with van der Waals surface area (Å²) in [6.07, 6.45) is -1.45. The molecule has 0 radical (unpaired) electrons. The van der Waals surface area contributed by atoms with Crippen LogP contribution in [0.2, 0.25) is 0 Å². The molecular weight excluding hydrogens is 283 g/mol. The molecular formula is C15H20F3NO2. The molecule has 1 aliphatic rings. The molecule has 1 saturated carbocycles. The average Bonchev–Trinajstić information content (AvgIpc) is 3.23. The van der Waals surface area contributed by atoms with Crippen LogP contribution in [0.25, 0.3) is 0 Å². The van der Waals surface area contributed by atoms with Crippen LogP contribution in [-0.2, 0) is 11.2 Å². The van der Waals surface area contributed by atoms with E-state index in [2.05, 4.69) is 10.1 Å². The van der Waals surface area contributed by atoms with E-state index in [1.165, 1.54) is 25.0 Å². The normalized spacial score (nSPS) is 18.3. The summed E-state index contributed by atoms with van der Waals surface area (Å²) in [6, 6.07) is 6.15. The van der Waals surface area contributed by atoms with Crippen molar-refractivity contribution in [2.24, 2.45) is 5.92 Å². The summed E-state index contributed by atoms with van der Waals surface area (Å²) in [6.45, 7) is 0. The van der Waals surface area contributed by atoms with Gasteiger partial charge in [-0.25, -0.2) is 0 Å². The van der Waals surface area contributed by atoms with Crippen molar-refractivity contribution in [3.05, 3.63) is 29.8 Å². The van der Waals surface area contributed by atoms with Gasteiger partial charge in [-0.05, 0) is 49.9 Å². The first-order valence-corrected chi connectivity index (χ1v) is 6.97. The largest absolute Gasteiger partial charge is 0.573 e. The summed E-state index contributed by atoms with van der Waals surface area (Å²) in [4.78, 5) is 0. The van der Waals surface area contributed by atoms with Gasteiger partial charge in [0, 0.05) is 13.2 Å². The number of nitrogens with one attached hydrogen (secondary N) is 1. The third kappa shape index (κ3) is 4.89. The van der Waals surface area contributed by atoms with E-state index in [-0.39, 0.29) is 17.9 Å². The molecule has 1 aromatic rings. The number of hydrogen-bond acceptors (Lipinski definition) is 3. The van der Waals surface area contributed by atoms with Gasteiger partial charge >= 0.3 is 6.36 Å². The molecule has 118 valence electrons. The first kappa shape index (κ1) is 16.1. The molecule has 1 aliphatic carbocycles. The van der Waals surface area contributed by atoms with Gasteiger partial charge in [-0.2, -0.15) is 0 Å². The fourth-order valence-electron chi connectivity index (χ4n) is 2.57. The third-order valence-corrected chi connectivity index (χ3v) is 3.74. The van der Waals surface area contributed by atoms with Crippen LogP contribution in [0.1, 0.15) is 18.4 Å². The Balaban J connectivity index is 1.97. The molecule has 1 aromatic carbocycles. The number of rotatable bonds is 7. The van der Waals surface area contributed by atoms with Gasteiger partial charge in [0.1, 0.15) is 5.75 Å². The highest BCUT2D eigenvalue weighted by atomic mass is 19.4. The van der Waals surface area contributed by atoms with E-state index in [1.54, 1.807) is 19.2 Å². The number of alkyl halides is 3. The van der Waals surface area contributed by atoms with E-state index in [4.69, 9.17) is 4.74 Å². The lowest BCUT2D eigenvalue weighted by Crippen LogP contribution is -2.41. The number of benzene rings is 1. The number of methoxy groups -OCH3 is 1. The summed E-state index contributed by atoms with van der Waals surface area (Å²) >= 11 is 0. The van der Waals surface area contributed by atoms with E-state index in [0.29, 0.717) is 12.3 Å². The molecule has 0 amide bonds. The summed E-state index contributed by atoms with van der Waals surface area (Å²) < 4.78 is 45.7. The van der Waals surface area contributed by atoms with Gasteiger partial charge in [0.2, 0.25) is 0 Å². The molecule has 2 atom stereocenters. The minimum absolute atomic E-state index is 0.140. The zero-order chi connectivity index (χ0) is 15.5. The van der Waals surface area contributed by atoms with Crippen molar-refractivity contribution < 1.29 is 22.6 Å². The predicted octanol–water partition coefficient (Wildman–Crippen LogP) is 3.14. The maximum Gasteiger partial charge on any atom is 0.573 e. The Bertz CT molecular complexity index is 443. The van der Waals surface area contributed by atoms with Crippen molar-refractivity contribution in [2.75, 3.05) is 14.2 Å². The summed E-state index contributed by atoms with van der Waals surface area (Å²) in [7, 11) is 3.58. The number of hydrogen-bond donors (Lipinski definition) is 1. The standard InChI is InChI=1S/C15H20F3NO2/c1-19-13(14(20-2)11-5-6-11)9-10-3-7-12(8-4-10)21-15(16,17)18/h3-4,7-8,11,13-14,19H,5-6,9H2,1-2H3. The van der Waals surface area contributed by atoms with Crippen LogP contribution in [0, 0.1) is 5.92 Å². The van der Waals surface area contributed by atoms with Gasteiger partial charge in [0.05, 0.1) is 6.10 Å². The Labute approximate surface area is 122 Å². The van der Waals surface area contributed by atoms with Crippen molar-refractivity contribution in [3.8, 4) is 5.75 Å². The summed E-state index contributed by atoms with van der Waals surface area (Å²) in [5.74, 6) is 0.387. The summed E-state index contributed by atoms with van der Waals surface area (Å²) in [5.41, 5.74) is 0.951. The zero-order valence-electron chi connectivity index (χ0n) is 12.1. The Kier molecular flexibility index (Phi) is 5.11. The Morgan fingerprint density at radius 2 is 1.86 bits per heavy atom. The lowest BCUT2D eigenvalue weighted by Gasteiger charge is -2.26. The van der Waals surface area contributed by atoms with Crippen molar-refractivity contribution in [2.45, 2.75) is 37.8 Å². The highest BCUT2D eigenvalue weighted by molar-refractivity contribution is 5.28. The molecule has 0 aliphatic heterocycles. The molecule has 6 heteroatoms. The molecule has 0 aromatic heterocycles. The zero-order valence-corrected chi connectivity index (χ0v) is 12.1. The molecule has 21 heavy (non-hydrogen) atoms. The lowest BCUT2D eigenvalue weighted by atomic mass is 9.98. The number of likely N-dealkylation sites (N-methyl/N-ethyl adjacent to an activating group) is 1. The maximum atomic E-state index is 12.1. The smallest absolute Gasteiger partial charge is 0.406 e. The topological polar surface area (TPSA) is 30.5 Å². The van der Waals surface area contributed by atoms with Crippen molar-refractivity contribution in [1.82, 2.24) is 5.32 Å². The molecule has 0 saturated heterocycles. The third-order valence-electron chi connectivity index (χ3n) is 3.74. The van der Waals surface area contributed by atoms with Gasteiger partial charge in [-0.15, -0.1) is 13.2 Å². The highest BCUT2D eigenvalue weighted by Gasteiger charge is 2.36. The molecule has 0 heterocycles. The fraction of sp³-hybridized carbons (Fsp3) is 0.600. The van der Waals surface area contributed by atoms with Gasteiger partial charge in [-0.3, -0.25) is 0 Å². The van der Waals surface area contributed by atoms with Crippen LogP contribution in [-0.4, -0.2) is 32.7 Å². The SMILES string of the molecule is CNC(Cc1ccc(OC(F)(F)F)cc1)C(OC)C1CC1. The molecule has 1 fully saturated rings. The fourth-order valence-corrected chi connectivity index (χ4v) is 2.57. The minimum atomic E-state index is -4.65. The highest BCUT2D eigenvalue weighted by Crippen LogP contribution is 2.36. The Hall–Kier alpha value is -1.27. The number of ether oxygens (including phenoxy) is 2. The van der Waals surface area contributed by atoms with Gasteiger partial charge in [0.25, 0.3) is 0 Å². The van der Waals surface area contributed by atoms with Gasteiger partial charge < -0.3 is 14.8 Å². The van der Waals surface area contributed by atoms with Crippen LogP contribution in [0.15, 0.2) is 24.3 Å². The van der Waals surface area contributed by atoms with Crippen LogP contribution < -0.4 is 10.1 Å². The first-order chi connectivity index (χ1) is 9.93. The monoisotopic (exact) mass is 303 g/mol. The van der Waals surface area contributed by atoms with Crippen LogP contribution in [0.4, 0.5) is 13.2 Å². The predicted molar refractivity (Wildman–Crippen MR) is 73.2 cm³/mol.